The summed E-state index contributed by atoms with van der Waals surface area (Å²) in [6.45, 7) is 10.1. The summed E-state index contributed by atoms with van der Waals surface area (Å²) in [7, 11) is 0. The first-order chi connectivity index (χ1) is 6.44. The lowest BCUT2D eigenvalue weighted by atomic mass is 10.2. The highest BCUT2D eigenvalue weighted by Crippen LogP contribution is 2.20. The van der Waals surface area contributed by atoms with E-state index in [0.717, 1.165) is 19.4 Å². The van der Waals surface area contributed by atoms with Crippen molar-refractivity contribution in [2.24, 2.45) is 0 Å². The fourth-order valence-corrected chi connectivity index (χ4v) is 1.58. The Morgan fingerprint density at radius 2 is 2.21 bits per heavy atom. The maximum Gasteiger partial charge on any atom is 0.410 e. The van der Waals surface area contributed by atoms with Gasteiger partial charge in [-0.1, -0.05) is 6.08 Å². The molecule has 0 spiro atoms. The number of nitrogens with zero attached hydrogens (tertiary/aromatic N) is 1. The van der Waals surface area contributed by atoms with Crippen LogP contribution in [0.25, 0.3) is 0 Å². The van der Waals surface area contributed by atoms with Crippen molar-refractivity contribution < 1.29 is 9.53 Å². The molecule has 80 valence electrons. The van der Waals surface area contributed by atoms with Crippen LogP contribution in [0.2, 0.25) is 0 Å². The second-order valence-electron chi connectivity index (χ2n) is 4.62. The Hall–Kier alpha value is -0.990. The van der Waals surface area contributed by atoms with Crippen molar-refractivity contribution >= 4 is 6.09 Å². The first kappa shape index (κ1) is 11.1. The topological polar surface area (TPSA) is 29.5 Å². The fraction of sp³-hybridized carbons (Fsp3) is 0.727. The van der Waals surface area contributed by atoms with Crippen LogP contribution in [-0.4, -0.2) is 29.2 Å². The van der Waals surface area contributed by atoms with Crippen molar-refractivity contribution in [1.82, 2.24) is 4.90 Å². The van der Waals surface area contributed by atoms with Gasteiger partial charge >= 0.3 is 6.09 Å². The normalized spacial score (nSPS) is 22.2. The molecule has 1 aliphatic rings. The Balaban J connectivity index is 2.56. The Morgan fingerprint density at radius 3 is 2.71 bits per heavy atom. The van der Waals surface area contributed by atoms with Gasteiger partial charge in [0.15, 0.2) is 0 Å². The number of rotatable bonds is 1. The standard InChI is InChI=1S/C11H19NO2/c1-5-9-7-6-8-12(9)10(13)14-11(2,3)4/h5,9H,1,6-8H2,2-4H3. The van der Waals surface area contributed by atoms with E-state index in [9.17, 15) is 4.79 Å². The summed E-state index contributed by atoms with van der Waals surface area (Å²) in [5.74, 6) is 0. The van der Waals surface area contributed by atoms with Crippen LogP contribution >= 0.6 is 0 Å². The van der Waals surface area contributed by atoms with Crippen LogP contribution < -0.4 is 0 Å². The van der Waals surface area contributed by atoms with Gasteiger partial charge in [-0.2, -0.15) is 0 Å². The van der Waals surface area contributed by atoms with Gasteiger partial charge in [0, 0.05) is 6.54 Å². The zero-order chi connectivity index (χ0) is 10.8. The first-order valence-electron chi connectivity index (χ1n) is 5.06. The van der Waals surface area contributed by atoms with Gasteiger partial charge < -0.3 is 9.64 Å². The van der Waals surface area contributed by atoms with Crippen molar-refractivity contribution in [2.75, 3.05) is 6.54 Å². The molecule has 0 bridgehead atoms. The van der Waals surface area contributed by atoms with Crippen LogP contribution in [0.4, 0.5) is 4.79 Å². The molecule has 0 aliphatic carbocycles. The van der Waals surface area contributed by atoms with Crippen LogP contribution in [0.5, 0.6) is 0 Å². The summed E-state index contributed by atoms with van der Waals surface area (Å²) in [5.41, 5.74) is -0.411. The number of hydrogen-bond donors (Lipinski definition) is 0. The monoisotopic (exact) mass is 197 g/mol. The minimum atomic E-state index is -0.411. The molecule has 0 aromatic heterocycles. The molecule has 3 nitrogen and oxygen atoms in total. The van der Waals surface area contributed by atoms with E-state index in [0.29, 0.717) is 0 Å². The third kappa shape index (κ3) is 2.76. The summed E-state index contributed by atoms with van der Waals surface area (Å²) >= 11 is 0. The van der Waals surface area contributed by atoms with Gasteiger partial charge in [-0.15, -0.1) is 6.58 Å². The molecule has 14 heavy (non-hydrogen) atoms. The molecule has 1 amide bonds. The molecule has 1 aliphatic heterocycles. The van der Waals surface area contributed by atoms with E-state index in [1.165, 1.54) is 0 Å². The van der Waals surface area contributed by atoms with Crippen molar-refractivity contribution in [1.29, 1.82) is 0 Å². The lowest BCUT2D eigenvalue weighted by Crippen LogP contribution is -2.38. The van der Waals surface area contributed by atoms with Crippen LogP contribution in [0.1, 0.15) is 33.6 Å². The summed E-state index contributed by atoms with van der Waals surface area (Å²) < 4.78 is 5.29. The highest BCUT2D eigenvalue weighted by Gasteiger charge is 2.30. The highest BCUT2D eigenvalue weighted by atomic mass is 16.6. The molecule has 1 saturated heterocycles. The number of carbonyl (C=O) groups is 1. The molecule has 0 saturated carbocycles. The molecule has 3 heteroatoms. The minimum absolute atomic E-state index is 0.157. The Morgan fingerprint density at radius 1 is 1.57 bits per heavy atom. The number of hydrogen-bond acceptors (Lipinski definition) is 2. The molecule has 1 fully saturated rings. The predicted molar refractivity (Wildman–Crippen MR) is 56.2 cm³/mol. The number of amides is 1. The summed E-state index contributed by atoms with van der Waals surface area (Å²) in [4.78, 5) is 13.4. The van der Waals surface area contributed by atoms with E-state index in [1.54, 1.807) is 4.90 Å². The number of likely N-dealkylation sites (tertiary alicyclic amines) is 1. The number of ether oxygens (including phenoxy) is 1. The summed E-state index contributed by atoms with van der Waals surface area (Å²) in [6, 6.07) is 0.157. The van der Waals surface area contributed by atoms with Crippen molar-refractivity contribution in [3.05, 3.63) is 12.7 Å². The molecule has 0 radical (unpaired) electrons. The maximum atomic E-state index is 11.7. The van der Waals surface area contributed by atoms with Gasteiger partial charge in [0.1, 0.15) is 5.60 Å². The molecule has 1 heterocycles. The minimum Gasteiger partial charge on any atom is -0.444 e. The smallest absolute Gasteiger partial charge is 0.410 e. The van der Waals surface area contributed by atoms with Crippen LogP contribution in [0.3, 0.4) is 0 Å². The molecule has 1 unspecified atom stereocenters. The van der Waals surface area contributed by atoms with E-state index in [2.05, 4.69) is 6.58 Å². The summed E-state index contributed by atoms with van der Waals surface area (Å²) in [5, 5.41) is 0. The van der Waals surface area contributed by atoms with Gasteiger partial charge in [-0.25, -0.2) is 4.79 Å². The Labute approximate surface area is 85.7 Å². The average Bonchev–Trinajstić information content (AvgIpc) is 2.47. The van der Waals surface area contributed by atoms with E-state index in [4.69, 9.17) is 4.74 Å². The summed E-state index contributed by atoms with van der Waals surface area (Å²) in [6.07, 6.45) is 3.63. The quantitative estimate of drug-likeness (QED) is 0.605. The zero-order valence-corrected chi connectivity index (χ0v) is 9.25. The van der Waals surface area contributed by atoms with Gasteiger partial charge in [-0.3, -0.25) is 0 Å². The van der Waals surface area contributed by atoms with Gasteiger partial charge in [0.05, 0.1) is 6.04 Å². The highest BCUT2D eigenvalue weighted by molar-refractivity contribution is 5.69. The molecule has 1 rings (SSSR count). The maximum absolute atomic E-state index is 11.7. The largest absolute Gasteiger partial charge is 0.444 e. The third-order valence-electron chi connectivity index (χ3n) is 2.20. The van der Waals surface area contributed by atoms with Crippen LogP contribution in [-0.2, 0) is 4.74 Å². The van der Waals surface area contributed by atoms with Gasteiger partial charge in [-0.05, 0) is 33.6 Å². The Kier molecular flexibility index (Phi) is 3.19. The van der Waals surface area contributed by atoms with E-state index < -0.39 is 5.60 Å². The van der Waals surface area contributed by atoms with Gasteiger partial charge in [0.2, 0.25) is 0 Å². The fourth-order valence-electron chi connectivity index (χ4n) is 1.58. The van der Waals surface area contributed by atoms with Crippen LogP contribution in [0, 0.1) is 0 Å². The van der Waals surface area contributed by atoms with E-state index in [-0.39, 0.29) is 12.1 Å². The third-order valence-corrected chi connectivity index (χ3v) is 2.20. The lowest BCUT2D eigenvalue weighted by Gasteiger charge is -2.27. The Bertz CT molecular complexity index is 230. The molecular formula is C11H19NO2. The SMILES string of the molecule is C=CC1CCCN1C(=O)OC(C)(C)C. The van der Waals surface area contributed by atoms with E-state index >= 15 is 0 Å². The molecule has 1 atom stereocenters. The van der Waals surface area contributed by atoms with Crippen LogP contribution in [0.15, 0.2) is 12.7 Å². The molecule has 0 aromatic carbocycles. The van der Waals surface area contributed by atoms with Crippen molar-refractivity contribution in [3.8, 4) is 0 Å². The zero-order valence-electron chi connectivity index (χ0n) is 9.25. The number of carbonyl (C=O) groups excluding carboxylic acids is 1. The molecular weight excluding hydrogens is 178 g/mol. The average molecular weight is 197 g/mol. The first-order valence-corrected chi connectivity index (χ1v) is 5.06. The van der Waals surface area contributed by atoms with Crippen molar-refractivity contribution in [2.45, 2.75) is 45.3 Å². The van der Waals surface area contributed by atoms with Gasteiger partial charge in [0.25, 0.3) is 0 Å². The van der Waals surface area contributed by atoms with E-state index in [1.807, 2.05) is 26.8 Å². The lowest BCUT2D eigenvalue weighted by molar-refractivity contribution is 0.0256. The molecule has 0 N–H and O–H groups in total. The van der Waals surface area contributed by atoms with Crippen molar-refractivity contribution in [3.63, 3.8) is 0 Å². The predicted octanol–water partition coefficient (Wildman–Crippen LogP) is 2.57. The molecule has 0 aromatic rings. The second-order valence-corrected chi connectivity index (χ2v) is 4.62. The second kappa shape index (κ2) is 4.03.